The second-order valence-electron chi connectivity index (χ2n) is 4.77. The van der Waals surface area contributed by atoms with E-state index in [4.69, 9.17) is 14.2 Å². The summed E-state index contributed by atoms with van der Waals surface area (Å²) in [6.07, 6.45) is 0. The lowest BCUT2D eigenvalue weighted by Gasteiger charge is -2.18. The first kappa shape index (κ1) is 15.0. The maximum Gasteiger partial charge on any atom is 0.203 e. The number of aromatic hydroxyl groups is 1. The van der Waals surface area contributed by atoms with Crippen LogP contribution in [0.15, 0.2) is 36.4 Å². The fourth-order valence-electron chi connectivity index (χ4n) is 2.31. The van der Waals surface area contributed by atoms with Crippen molar-refractivity contribution in [2.45, 2.75) is 12.8 Å². The molecule has 2 rings (SSSR count). The molecule has 4 heteroatoms. The zero-order valence-electron chi connectivity index (χ0n) is 12.7. The van der Waals surface area contributed by atoms with E-state index < -0.39 is 0 Å². The standard InChI is InChI=1S/C17H20O4/c1-11(12-5-7-14(18)8-6-12)13-9-15(19-2)17(21-4)16(10-13)20-3/h5-11,18H,1-4H3. The number of hydrogen-bond acceptors (Lipinski definition) is 4. The number of phenols is 1. The zero-order valence-corrected chi connectivity index (χ0v) is 12.7. The van der Waals surface area contributed by atoms with Crippen LogP contribution in [0.25, 0.3) is 0 Å². The summed E-state index contributed by atoms with van der Waals surface area (Å²) < 4.78 is 16.1. The van der Waals surface area contributed by atoms with Crippen molar-refractivity contribution in [2.75, 3.05) is 21.3 Å². The third-order valence-corrected chi connectivity index (χ3v) is 3.58. The van der Waals surface area contributed by atoms with E-state index in [-0.39, 0.29) is 11.7 Å². The van der Waals surface area contributed by atoms with Crippen molar-refractivity contribution in [3.05, 3.63) is 47.5 Å². The topological polar surface area (TPSA) is 47.9 Å². The van der Waals surface area contributed by atoms with Gasteiger partial charge in [-0.15, -0.1) is 0 Å². The highest BCUT2D eigenvalue weighted by Gasteiger charge is 2.17. The Morgan fingerprint density at radius 3 is 1.76 bits per heavy atom. The first-order valence-electron chi connectivity index (χ1n) is 6.69. The number of rotatable bonds is 5. The van der Waals surface area contributed by atoms with Gasteiger partial charge in [0.05, 0.1) is 21.3 Å². The van der Waals surface area contributed by atoms with Gasteiger partial charge in [-0.3, -0.25) is 0 Å². The SMILES string of the molecule is COc1cc(C(C)c2ccc(O)cc2)cc(OC)c1OC. The van der Waals surface area contributed by atoms with Gasteiger partial charge in [-0.05, 0) is 35.4 Å². The van der Waals surface area contributed by atoms with E-state index in [1.54, 1.807) is 33.5 Å². The molecule has 112 valence electrons. The Labute approximate surface area is 124 Å². The van der Waals surface area contributed by atoms with Gasteiger partial charge >= 0.3 is 0 Å². The van der Waals surface area contributed by atoms with Crippen molar-refractivity contribution in [3.8, 4) is 23.0 Å². The summed E-state index contributed by atoms with van der Waals surface area (Å²) in [5, 5.41) is 9.39. The van der Waals surface area contributed by atoms with Gasteiger partial charge in [0, 0.05) is 5.92 Å². The van der Waals surface area contributed by atoms with E-state index in [2.05, 4.69) is 6.92 Å². The molecule has 0 aromatic heterocycles. The average Bonchev–Trinajstić information content (AvgIpc) is 2.53. The van der Waals surface area contributed by atoms with Gasteiger partial charge < -0.3 is 19.3 Å². The van der Waals surface area contributed by atoms with Crippen LogP contribution in [0.1, 0.15) is 24.0 Å². The molecule has 2 aromatic rings. The fraction of sp³-hybridized carbons (Fsp3) is 0.294. The van der Waals surface area contributed by atoms with Gasteiger partial charge in [-0.2, -0.15) is 0 Å². The van der Waals surface area contributed by atoms with Crippen LogP contribution >= 0.6 is 0 Å². The quantitative estimate of drug-likeness (QED) is 0.913. The summed E-state index contributed by atoms with van der Waals surface area (Å²) in [5.41, 5.74) is 2.15. The normalized spacial score (nSPS) is 11.8. The largest absolute Gasteiger partial charge is 0.508 e. The Balaban J connectivity index is 2.45. The second kappa shape index (κ2) is 6.39. The van der Waals surface area contributed by atoms with E-state index in [1.807, 2.05) is 24.3 Å². The number of methoxy groups -OCH3 is 3. The van der Waals surface area contributed by atoms with Crippen LogP contribution in [-0.4, -0.2) is 26.4 Å². The van der Waals surface area contributed by atoms with Crippen molar-refractivity contribution in [1.29, 1.82) is 0 Å². The van der Waals surface area contributed by atoms with Gasteiger partial charge in [0.25, 0.3) is 0 Å². The molecule has 0 saturated carbocycles. The summed E-state index contributed by atoms with van der Waals surface area (Å²) in [4.78, 5) is 0. The number of benzene rings is 2. The molecule has 21 heavy (non-hydrogen) atoms. The van der Waals surface area contributed by atoms with Gasteiger partial charge in [0.15, 0.2) is 11.5 Å². The third kappa shape index (κ3) is 3.05. The molecule has 0 aliphatic carbocycles. The second-order valence-corrected chi connectivity index (χ2v) is 4.77. The van der Waals surface area contributed by atoms with Gasteiger partial charge in [-0.1, -0.05) is 19.1 Å². The monoisotopic (exact) mass is 288 g/mol. The first-order valence-corrected chi connectivity index (χ1v) is 6.69. The highest BCUT2D eigenvalue weighted by atomic mass is 16.5. The molecule has 4 nitrogen and oxygen atoms in total. The number of hydrogen-bond donors (Lipinski definition) is 1. The molecule has 0 aliphatic rings. The smallest absolute Gasteiger partial charge is 0.203 e. The predicted molar refractivity (Wildman–Crippen MR) is 81.7 cm³/mol. The van der Waals surface area contributed by atoms with Crippen LogP contribution in [0.3, 0.4) is 0 Å². The van der Waals surface area contributed by atoms with Gasteiger partial charge in [0.2, 0.25) is 5.75 Å². The molecule has 0 spiro atoms. The average molecular weight is 288 g/mol. The van der Waals surface area contributed by atoms with E-state index in [0.29, 0.717) is 17.2 Å². The Morgan fingerprint density at radius 2 is 1.33 bits per heavy atom. The Kier molecular flexibility index (Phi) is 4.58. The molecule has 1 N–H and O–H groups in total. The maximum absolute atomic E-state index is 9.39. The van der Waals surface area contributed by atoms with Crippen LogP contribution in [0.4, 0.5) is 0 Å². The molecule has 1 atom stereocenters. The minimum atomic E-state index is 0.138. The van der Waals surface area contributed by atoms with Crippen LogP contribution in [0.2, 0.25) is 0 Å². The van der Waals surface area contributed by atoms with Crippen molar-refractivity contribution >= 4 is 0 Å². The van der Waals surface area contributed by atoms with Crippen LogP contribution < -0.4 is 14.2 Å². The highest BCUT2D eigenvalue weighted by Crippen LogP contribution is 2.41. The third-order valence-electron chi connectivity index (χ3n) is 3.58. The molecule has 0 bridgehead atoms. The fourth-order valence-corrected chi connectivity index (χ4v) is 2.31. The molecule has 2 aromatic carbocycles. The van der Waals surface area contributed by atoms with E-state index in [9.17, 15) is 5.11 Å². The molecule has 1 unspecified atom stereocenters. The van der Waals surface area contributed by atoms with Gasteiger partial charge in [-0.25, -0.2) is 0 Å². The zero-order chi connectivity index (χ0) is 15.4. The van der Waals surface area contributed by atoms with E-state index >= 15 is 0 Å². The predicted octanol–water partition coefficient (Wildman–Crippen LogP) is 3.57. The molecule has 0 amide bonds. The van der Waals surface area contributed by atoms with Crippen molar-refractivity contribution in [2.24, 2.45) is 0 Å². The lowest BCUT2D eigenvalue weighted by Crippen LogP contribution is -2.00. The Hall–Kier alpha value is -2.36. The molecule has 0 heterocycles. The molecular formula is C17H20O4. The summed E-state index contributed by atoms with van der Waals surface area (Å²) in [6, 6.07) is 11.1. The molecule has 0 saturated heterocycles. The highest BCUT2D eigenvalue weighted by molar-refractivity contribution is 5.55. The summed E-state index contributed by atoms with van der Waals surface area (Å²) in [6.45, 7) is 2.09. The number of ether oxygens (including phenoxy) is 3. The number of phenolic OH excluding ortho intramolecular Hbond substituents is 1. The van der Waals surface area contributed by atoms with Gasteiger partial charge in [0.1, 0.15) is 5.75 Å². The molecule has 0 fully saturated rings. The summed E-state index contributed by atoms with van der Waals surface area (Å²) >= 11 is 0. The van der Waals surface area contributed by atoms with Crippen molar-refractivity contribution in [1.82, 2.24) is 0 Å². The van der Waals surface area contributed by atoms with E-state index in [0.717, 1.165) is 11.1 Å². The minimum Gasteiger partial charge on any atom is -0.508 e. The molecule has 0 radical (unpaired) electrons. The Morgan fingerprint density at radius 1 is 0.810 bits per heavy atom. The van der Waals surface area contributed by atoms with E-state index in [1.165, 1.54) is 0 Å². The lowest BCUT2D eigenvalue weighted by molar-refractivity contribution is 0.323. The van der Waals surface area contributed by atoms with Crippen LogP contribution in [0.5, 0.6) is 23.0 Å². The lowest BCUT2D eigenvalue weighted by atomic mass is 9.92. The van der Waals surface area contributed by atoms with Crippen molar-refractivity contribution < 1.29 is 19.3 Å². The summed E-state index contributed by atoms with van der Waals surface area (Å²) in [5.74, 6) is 2.26. The van der Waals surface area contributed by atoms with Crippen LogP contribution in [-0.2, 0) is 0 Å². The van der Waals surface area contributed by atoms with Crippen LogP contribution in [0, 0.1) is 0 Å². The molecular weight excluding hydrogens is 268 g/mol. The van der Waals surface area contributed by atoms with Crippen molar-refractivity contribution in [3.63, 3.8) is 0 Å². The summed E-state index contributed by atoms with van der Waals surface area (Å²) in [7, 11) is 4.79. The first-order chi connectivity index (χ1) is 10.1. The minimum absolute atomic E-state index is 0.138. The Bertz CT molecular complexity index is 580. The molecule has 0 aliphatic heterocycles. The maximum atomic E-state index is 9.39.